The molecule has 0 saturated carbocycles. The van der Waals surface area contributed by atoms with Crippen molar-refractivity contribution in [2.24, 2.45) is 0 Å². The monoisotopic (exact) mass is 282 g/mol. The number of aryl methyl sites for hydroxylation is 2. The zero-order chi connectivity index (χ0) is 15.3. The molecule has 0 aliphatic carbocycles. The molecule has 0 saturated heterocycles. The molecule has 1 aromatic heterocycles. The highest BCUT2D eigenvalue weighted by molar-refractivity contribution is 5.76. The predicted molar refractivity (Wildman–Crippen MR) is 77.6 cm³/mol. The Morgan fingerprint density at radius 2 is 2.05 bits per heavy atom. The van der Waals surface area contributed by atoms with Gasteiger partial charge in [0.25, 0.3) is 0 Å². The quantitative estimate of drug-likeness (QED) is 0.867. The Kier molecular flexibility index (Phi) is 5.74. The largest absolute Gasteiger partial charge is 0.445 e. The first-order valence-electron chi connectivity index (χ1n) is 7.15. The molecule has 1 aromatic rings. The predicted octanol–water partition coefficient (Wildman–Crippen LogP) is 2.05. The summed E-state index contributed by atoms with van der Waals surface area (Å²) in [5, 5.41) is 8.92. The van der Waals surface area contributed by atoms with Crippen LogP contribution in [0.15, 0.2) is 4.42 Å². The fourth-order valence-electron chi connectivity index (χ4n) is 1.94. The van der Waals surface area contributed by atoms with E-state index in [-0.39, 0.29) is 17.9 Å². The van der Waals surface area contributed by atoms with Gasteiger partial charge in [-0.05, 0) is 13.8 Å². The van der Waals surface area contributed by atoms with E-state index in [1.54, 1.807) is 4.90 Å². The molecule has 5 nitrogen and oxygen atoms in total. The Labute approximate surface area is 121 Å². The molecule has 0 aromatic carbocycles. The lowest BCUT2D eigenvalue weighted by Gasteiger charge is -2.19. The Morgan fingerprint density at radius 1 is 1.40 bits per heavy atom. The molecule has 1 amide bonds. The van der Waals surface area contributed by atoms with E-state index in [1.807, 2.05) is 34.6 Å². The van der Waals surface area contributed by atoms with Crippen molar-refractivity contribution in [1.29, 1.82) is 0 Å². The fourth-order valence-corrected chi connectivity index (χ4v) is 1.94. The third kappa shape index (κ3) is 4.34. The number of amides is 1. The number of carbonyl (C=O) groups is 1. The summed E-state index contributed by atoms with van der Waals surface area (Å²) >= 11 is 0. The van der Waals surface area contributed by atoms with Gasteiger partial charge in [0.05, 0.1) is 12.3 Å². The van der Waals surface area contributed by atoms with Crippen LogP contribution in [-0.2, 0) is 16.6 Å². The molecule has 0 unspecified atom stereocenters. The van der Waals surface area contributed by atoms with E-state index in [9.17, 15) is 4.79 Å². The summed E-state index contributed by atoms with van der Waals surface area (Å²) in [6.07, 6.45) is 0.934. The van der Waals surface area contributed by atoms with E-state index in [0.29, 0.717) is 31.8 Å². The van der Waals surface area contributed by atoms with Gasteiger partial charge in [0, 0.05) is 31.3 Å². The lowest BCUT2D eigenvalue weighted by molar-refractivity contribution is -0.131. The van der Waals surface area contributed by atoms with Gasteiger partial charge in [0.2, 0.25) is 5.91 Å². The molecule has 0 spiro atoms. The normalized spacial score (nSPS) is 11.7. The number of aliphatic hydroxyl groups excluding tert-OH is 1. The number of likely N-dealkylation sites (N-methyl/N-ethyl adjacent to an activating group) is 1. The Bertz CT molecular complexity index is 446. The highest BCUT2D eigenvalue weighted by atomic mass is 16.4. The van der Waals surface area contributed by atoms with Crippen LogP contribution in [0.4, 0.5) is 0 Å². The second kappa shape index (κ2) is 6.88. The van der Waals surface area contributed by atoms with Crippen LogP contribution in [0.2, 0.25) is 0 Å². The minimum Gasteiger partial charge on any atom is -0.445 e. The van der Waals surface area contributed by atoms with Crippen molar-refractivity contribution in [1.82, 2.24) is 9.88 Å². The molecule has 1 N–H and O–H groups in total. The number of hydrogen-bond donors (Lipinski definition) is 1. The second-order valence-corrected chi connectivity index (χ2v) is 5.97. The fraction of sp³-hybridized carbons (Fsp3) is 0.733. The zero-order valence-electron chi connectivity index (χ0n) is 13.2. The van der Waals surface area contributed by atoms with Crippen LogP contribution in [0.25, 0.3) is 0 Å². The van der Waals surface area contributed by atoms with Crippen molar-refractivity contribution >= 4 is 5.91 Å². The van der Waals surface area contributed by atoms with Crippen LogP contribution in [0.5, 0.6) is 0 Å². The van der Waals surface area contributed by atoms with Gasteiger partial charge in [-0.2, -0.15) is 0 Å². The molecule has 0 fully saturated rings. The lowest BCUT2D eigenvalue weighted by Crippen LogP contribution is -2.33. The van der Waals surface area contributed by atoms with Crippen LogP contribution in [0.1, 0.15) is 51.5 Å². The number of nitrogens with zero attached hydrogens (tertiary/aromatic N) is 2. The molecular formula is C15H26N2O3. The maximum Gasteiger partial charge on any atom is 0.223 e. The summed E-state index contributed by atoms with van der Waals surface area (Å²) < 4.78 is 5.77. The molecule has 1 rings (SSSR count). The number of oxazole rings is 1. The molecule has 0 aliphatic rings. The number of aliphatic hydroxyl groups is 1. The van der Waals surface area contributed by atoms with Gasteiger partial charge >= 0.3 is 0 Å². The van der Waals surface area contributed by atoms with Gasteiger partial charge in [-0.15, -0.1) is 0 Å². The van der Waals surface area contributed by atoms with Gasteiger partial charge in [-0.25, -0.2) is 4.98 Å². The molecular weight excluding hydrogens is 256 g/mol. The third-order valence-corrected chi connectivity index (χ3v) is 3.20. The maximum absolute atomic E-state index is 12.0. The molecule has 0 aliphatic heterocycles. The Morgan fingerprint density at radius 3 is 2.50 bits per heavy atom. The van der Waals surface area contributed by atoms with E-state index < -0.39 is 0 Å². The molecule has 0 bridgehead atoms. The van der Waals surface area contributed by atoms with Crippen LogP contribution in [0.3, 0.4) is 0 Å². The van der Waals surface area contributed by atoms with Crippen LogP contribution < -0.4 is 0 Å². The molecule has 0 atom stereocenters. The topological polar surface area (TPSA) is 66.6 Å². The van der Waals surface area contributed by atoms with Gasteiger partial charge in [0.15, 0.2) is 5.89 Å². The number of hydrogen-bond acceptors (Lipinski definition) is 4. The summed E-state index contributed by atoms with van der Waals surface area (Å²) in [6, 6.07) is 0. The summed E-state index contributed by atoms with van der Waals surface area (Å²) in [5.41, 5.74) is 0.729. The second-order valence-electron chi connectivity index (χ2n) is 5.97. The number of aromatic nitrogens is 1. The van der Waals surface area contributed by atoms with Crippen LogP contribution in [0, 0.1) is 6.92 Å². The minimum absolute atomic E-state index is 0.00487. The first kappa shape index (κ1) is 16.7. The molecule has 114 valence electrons. The van der Waals surface area contributed by atoms with E-state index in [1.165, 1.54) is 0 Å². The highest BCUT2D eigenvalue weighted by Crippen LogP contribution is 2.24. The summed E-state index contributed by atoms with van der Waals surface area (Å²) in [5.74, 6) is 1.53. The molecule has 20 heavy (non-hydrogen) atoms. The number of rotatable bonds is 6. The van der Waals surface area contributed by atoms with Crippen molar-refractivity contribution < 1.29 is 14.3 Å². The Balaban J connectivity index is 2.66. The SMILES string of the molecule is CCN(CCO)C(=O)CCc1oc(C(C)(C)C)nc1C. The van der Waals surface area contributed by atoms with Crippen molar-refractivity contribution in [3.63, 3.8) is 0 Å². The van der Waals surface area contributed by atoms with Crippen molar-refractivity contribution in [3.05, 3.63) is 17.3 Å². The van der Waals surface area contributed by atoms with Crippen molar-refractivity contribution in [2.45, 2.75) is 52.9 Å². The van der Waals surface area contributed by atoms with Crippen LogP contribution >= 0.6 is 0 Å². The highest BCUT2D eigenvalue weighted by Gasteiger charge is 2.22. The summed E-state index contributed by atoms with van der Waals surface area (Å²) in [6.45, 7) is 11.0. The zero-order valence-corrected chi connectivity index (χ0v) is 13.2. The van der Waals surface area contributed by atoms with E-state index in [0.717, 1.165) is 11.5 Å². The molecule has 1 heterocycles. The maximum atomic E-state index is 12.0. The number of carbonyl (C=O) groups excluding carboxylic acids is 1. The average Bonchev–Trinajstić information content (AvgIpc) is 2.74. The summed E-state index contributed by atoms with van der Waals surface area (Å²) in [4.78, 5) is 18.1. The van der Waals surface area contributed by atoms with E-state index >= 15 is 0 Å². The first-order valence-corrected chi connectivity index (χ1v) is 7.15. The average molecular weight is 282 g/mol. The minimum atomic E-state index is -0.126. The van der Waals surface area contributed by atoms with E-state index in [2.05, 4.69) is 4.98 Å². The first-order chi connectivity index (χ1) is 9.29. The lowest BCUT2D eigenvalue weighted by atomic mass is 9.97. The van der Waals surface area contributed by atoms with Gasteiger partial charge in [-0.1, -0.05) is 20.8 Å². The van der Waals surface area contributed by atoms with Crippen molar-refractivity contribution in [2.75, 3.05) is 19.7 Å². The van der Waals surface area contributed by atoms with Gasteiger partial charge < -0.3 is 14.4 Å². The third-order valence-electron chi connectivity index (χ3n) is 3.20. The summed E-state index contributed by atoms with van der Waals surface area (Å²) in [7, 11) is 0. The molecule has 0 radical (unpaired) electrons. The van der Waals surface area contributed by atoms with Crippen LogP contribution in [-0.4, -0.2) is 40.6 Å². The van der Waals surface area contributed by atoms with E-state index in [4.69, 9.17) is 9.52 Å². The smallest absolute Gasteiger partial charge is 0.223 e. The molecule has 5 heteroatoms. The standard InChI is InChI=1S/C15H26N2O3/c1-6-17(9-10-18)13(19)8-7-12-11(2)16-14(20-12)15(3,4)5/h18H,6-10H2,1-5H3. The van der Waals surface area contributed by atoms with Crippen molar-refractivity contribution in [3.8, 4) is 0 Å². The van der Waals surface area contributed by atoms with Gasteiger partial charge in [0.1, 0.15) is 5.76 Å². The van der Waals surface area contributed by atoms with Gasteiger partial charge in [-0.3, -0.25) is 4.79 Å². The Hall–Kier alpha value is -1.36.